The lowest BCUT2D eigenvalue weighted by molar-refractivity contribution is 0.103. The number of methoxy groups -OCH3 is 3. The first-order chi connectivity index (χ1) is 15.9. The van der Waals surface area contributed by atoms with Crippen LogP contribution in [-0.4, -0.2) is 31.7 Å². The Balaban J connectivity index is 1.94. The van der Waals surface area contributed by atoms with Crippen LogP contribution in [-0.2, 0) is 6.54 Å². The van der Waals surface area contributed by atoms with E-state index in [0.29, 0.717) is 39.5 Å². The van der Waals surface area contributed by atoms with Crippen molar-refractivity contribution in [2.75, 3.05) is 21.3 Å². The molecule has 33 heavy (non-hydrogen) atoms. The molecule has 0 fully saturated rings. The monoisotopic (exact) mass is 463 g/mol. The largest absolute Gasteiger partial charge is 0.497 e. The van der Waals surface area contributed by atoms with E-state index in [2.05, 4.69) is 0 Å². The van der Waals surface area contributed by atoms with E-state index in [0.717, 1.165) is 11.3 Å². The van der Waals surface area contributed by atoms with E-state index in [1.165, 1.54) is 14.2 Å². The average Bonchev–Trinajstić information content (AvgIpc) is 2.85. The van der Waals surface area contributed by atoms with Crippen molar-refractivity contribution in [1.29, 1.82) is 0 Å². The molecule has 0 atom stereocenters. The molecule has 3 aromatic carbocycles. The van der Waals surface area contributed by atoms with E-state index in [1.807, 2.05) is 28.8 Å². The third-order valence-corrected chi connectivity index (χ3v) is 5.68. The first-order valence-electron chi connectivity index (χ1n) is 10.2. The molecule has 0 spiro atoms. The molecule has 0 amide bonds. The van der Waals surface area contributed by atoms with Crippen LogP contribution in [0.25, 0.3) is 10.9 Å². The van der Waals surface area contributed by atoms with Crippen molar-refractivity contribution in [2.24, 2.45) is 0 Å². The molecule has 4 rings (SSSR count). The molecular weight excluding hydrogens is 442 g/mol. The smallest absolute Gasteiger partial charge is 0.200 e. The zero-order valence-corrected chi connectivity index (χ0v) is 19.2. The molecular formula is C26H22ClNO5. The van der Waals surface area contributed by atoms with Crippen molar-refractivity contribution in [1.82, 2.24) is 4.57 Å². The molecule has 0 unspecified atom stereocenters. The molecule has 6 nitrogen and oxygen atoms in total. The van der Waals surface area contributed by atoms with E-state index in [9.17, 15) is 9.59 Å². The van der Waals surface area contributed by atoms with Crippen LogP contribution >= 0.6 is 11.6 Å². The summed E-state index contributed by atoms with van der Waals surface area (Å²) < 4.78 is 18.0. The van der Waals surface area contributed by atoms with Crippen molar-refractivity contribution in [3.63, 3.8) is 0 Å². The number of ether oxygens (including phenoxy) is 3. The summed E-state index contributed by atoms with van der Waals surface area (Å²) in [6, 6.07) is 17.4. The Bertz CT molecular complexity index is 1390. The summed E-state index contributed by atoms with van der Waals surface area (Å²) in [6.07, 6.45) is 1.59. The van der Waals surface area contributed by atoms with Gasteiger partial charge < -0.3 is 18.8 Å². The minimum atomic E-state index is -0.382. The minimum Gasteiger partial charge on any atom is -0.497 e. The minimum absolute atomic E-state index is 0.0555. The van der Waals surface area contributed by atoms with Crippen LogP contribution in [0.5, 0.6) is 17.2 Å². The van der Waals surface area contributed by atoms with Crippen LogP contribution in [0.1, 0.15) is 21.5 Å². The first-order valence-corrected chi connectivity index (χ1v) is 10.6. The third-order valence-electron chi connectivity index (χ3n) is 5.42. The number of aromatic nitrogens is 1. The van der Waals surface area contributed by atoms with Gasteiger partial charge in [-0.3, -0.25) is 9.59 Å². The second kappa shape index (κ2) is 9.38. The van der Waals surface area contributed by atoms with Crippen LogP contribution in [0.4, 0.5) is 0 Å². The predicted molar refractivity (Wildman–Crippen MR) is 128 cm³/mol. The maximum absolute atomic E-state index is 13.4. The molecule has 0 saturated carbocycles. The van der Waals surface area contributed by atoms with Crippen LogP contribution in [0, 0.1) is 0 Å². The number of hydrogen-bond donors (Lipinski definition) is 0. The number of pyridine rings is 1. The lowest BCUT2D eigenvalue weighted by Crippen LogP contribution is -2.20. The Kier molecular flexibility index (Phi) is 6.38. The highest BCUT2D eigenvalue weighted by atomic mass is 35.5. The van der Waals surface area contributed by atoms with Gasteiger partial charge in [-0.2, -0.15) is 0 Å². The third kappa shape index (κ3) is 4.43. The molecule has 0 aliphatic carbocycles. The molecule has 0 N–H and O–H groups in total. The van der Waals surface area contributed by atoms with Gasteiger partial charge in [0, 0.05) is 29.4 Å². The van der Waals surface area contributed by atoms with Gasteiger partial charge in [-0.05, 0) is 48.0 Å². The number of benzene rings is 3. The lowest BCUT2D eigenvalue weighted by Gasteiger charge is -2.16. The summed E-state index contributed by atoms with van der Waals surface area (Å²) in [4.78, 5) is 26.7. The summed E-state index contributed by atoms with van der Waals surface area (Å²) >= 11 is 5.96. The van der Waals surface area contributed by atoms with Crippen molar-refractivity contribution in [2.45, 2.75) is 6.54 Å². The van der Waals surface area contributed by atoms with E-state index in [4.69, 9.17) is 25.8 Å². The molecule has 0 aliphatic heterocycles. The Labute approximate surface area is 195 Å². The van der Waals surface area contributed by atoms with Crippen LogP contribution < -0.4 is 19.6 Å². The van der Waals surface area contributed by atoms with Gasteiger partial charge in [0.1, 0.15) is 5.75 Å². The van der Waals surface area contributed by atoms with E-state index in [-0.39, 0.29) is 16.8 Å². The Hall–Kier alpha value is -3.77. The summed E-state index contributed by atoms with van der Waals surface area (Å²) in [6.45, 7) is 0.407. The van der Waals surface area contributed by atoms with Gasteiger partial charge in [-0.15, -0.1) is 0 Å². The maximum atomic E-state index is 13.4. The van der Waals surface area contributed by atoms with Gasteiger partial charge in [0.15, 0.2) is 17.3 Å². The number of nitrogens with zero attached hydrogens (tertiary/aromatic N) is 1. The molecule has 7 heteroatoms. The van der Waals surface area contributed by atoms with E-state index < -0.39 is 0 Å². The van der Waals surface area contributed by atoms with Gasteiger partial charge in [-0.1, -0.05) is 23.7 Å². The van der Waals surface area contributed by atoms with E-state index in [1.54, 1.807) is 49.7 Å². The average molecular weight is 464 g/mol. The fraction of sp³-hybridized carbons (Fsp3) is 0.154. The zero-order valence-electron chi connectivity index (χ0n) is 18.4. The maximum Gasteiger partial charge on any atom is 0.200 e. The van der Waals surface area contributed by atoms with Crippen molar-refractivity contribution in [3.8, 4) is 17.2 Å². The lowest BCUT2D eigenvalue weighted by atomic mass is 10.0. The summed E-state index contributed by atoms with van der Waals surface area (Å²) in [5.41, 5.74) is 1.61. The van der Waals surface area contributed by atoms with Gasteiger partial charge in [0.2, 0.25) is 5.43 Å². The number of fused-ring (bicyclic) bond motifs is 1. The van der Waals surface area contributed by atoms with Crippen molar-refractivity contribution >= 4 is 28.3 Å². The zero-order chi connectivity index (χ0) is 23.5. The summed E-state index contributed by atoms with van der Waals surface area (Å²) in [7, 11) is 4.64. The number of rotatable bonds is 7. The van der Waals surface area contributed by atoms with Crippen LogP contribution in [0.3, 0.4) is 0 Å². The second-order valence-corrected chi connectivity index (χ2v) is 7.85. The summed E-state index contributed by atoms with van der Waals surface area (Å²) in [5.74, 6) is 1.23. The van der Waals surface area contributed by atoms with Crippen molar-refractivity contribution in [3.05, 3.63) is 98.8 Å². The number of carbonyl (C=O) groups is 1. The molecule has 0 radical (unpaired) electrons. The molecule has 168 valence electrons. The standard InChI is InChI=1S/C26H22ClNO5/c1-31-19-6-4-5-16(11-19)14-28-15-21(25(29)17-7-9-18(27)10-8-17)26(30)20-12-23(32-2)24(33-3)13-22(20)28/h4-13,15H,14H2,1-3H3. The number of ketones is 1. The molecule has 4 aromatic rings. The van der Waals surface area contributed by atoms with Gasteiger partial charge in [0.05, 0.1) is 37.8 Å². The van der Waals surface area contributed by atoms with Gasteiger partial charge in [0.25, 0.3) is 0 Å². The highest BCUT2D eigenvalue weighted by Gasteiger charge is 2.19. The quantitative estimate of drug-likeness (QED) is 0.362. The summed E-state index contributed by atoms with van der Waals surface area (Å²) in [5, 5.41) is 0.868. The van der Waals surface area contributed by atoms with Crippen LogP contribution in [0.15, 0.2) is 71.7 Å². The fourth-order valence-electron chi connectivity index (χ4n) is 3.73. The number of hydrogen-bond acceptors (Lipinski definition) is 5. The highest BCUT2D eigenvalue weighted by molar-refractivity contribution is 6.30. The molecule has 0 aliphatic rings. The van der Waals surface area contributed by atoms with Gasteiger partial charge in [-0.25, -0.2) is 0 Å². The fourth-order valence-corrected chi connectivity index (χ4v) is 3.86. The molecule has 1 aromatic heterocycles. The Morgan fingerprint density at radius 2 is 1.61 bits per heavy atom. The van der Waals surface area contributed by atoms with Crippen LogP contribution in [0.2, 0.25) is 5.02 Å². The first kappa shape index (κ1) is 22.4. The van der Waals surface area contributed by atoms with Crippen molar-refractivity contribution < 1.29 is 19.0 Å². The molecule has 0 bridgehead atoms. The highest BCUT2D eigenvalue weighted by Crippen LogP contribution is 2.32. The Morgan fingerprint density at radius 3 is 2.27 bits per heavy atom. The number of carbonyl (C=O) groups excluding carboxylic acids is 1. The number of halogens is 1. The Morgan fingerprint density at radius 1 is 0.909 bits per heavy atom. The normalized spacial score (nSPS) is 10.8. The molecule has 1 heterocycles. The van der Waals surface area contributed by atoms with Gasteiger partial charge >= 0.3 is 0 Å². The topological polar surface area (TPSA) is 66.8 Å². The SMILES string of the molecule is COc1cccc(Cn2cc(C(=O)c3ccc(Cl)cc3)c(=O)c3cc(OC)c(OC)cc32)c1. The second-order valence-electron chi connectivity index (χ2n) is 7.41. The van der Waals surface area contributed by atoms with E-state index >= 15 is 0 Å². The molecule has 0 saturated heterocycles. The predicted octanol–water partition coefficient (Wildman–Crippen LogP) is 4.96.